The van der Waals surface area contributed by atoms with E-state index < -0.39 is 0 Å². The number of rotatable bonds is 7. The van der Waals surface area contributed by atoms with Crippen LogP contribution in [-0.2, 0) is 9.63 Å². The van der Waals surface area contributed by atoms with Gasteiger partial charge in [-0.05, 0) is 24.3 Å². The molecule has 0 unspecified atom stereocenters. The molecule has 0 aliphatic carbocycles. The van der Waals surface area contributed by atoms with Gasteiger partial charge in [-0.15, -0.1) is 0 Å². The third kappa shape index (κ3) is 6.16. The Kier molecular flexibility index (Phi) is 6.09. The molecule has 18 heavy (non-hydrogen) atoms. The van der Waals surface area contributed by atoms with E-state index in [9.17, 15) is 4.79 Å². The molecule has 0 aliphatic rings. The third-order valence-electron chi connectivity index (χ3n) is 1.94. The Labute approximate surface area is 104 Å². The predicted octanol–water partition coefficient (Wildman–Crippen LogP) is 1.43. The van der Waals surface area contributed by atoms with Crippen LogP contribution in [0.2, 0.25) is 0 Å². The first-order valence-corrected chi connectivity index (χ1v) is 5.39. The highest BCUT2D eigenvalue weighted by Gasteiger charge is 1.98. The fraction of sp³-hybridized carbons (Fsp3) is 0.364. The fourth-order valence-electron chi connectivity index (χ4n) is 1.23. The fourth-order valence-corrected chi connectivity index (χ4v) is 1.23. The number of carbonyl (C=O) groups excluding carboxylic acids is 1. The predicted molar refractivity (Wildman–Crippen MR) is 62.2 cm³/mol. The molecule has 1 aromatic rings. The monoisotopic (exact) mass is 256 g/mol. The van der Waals surface area contributed by atoms with Crippen molar-refractivity contribution in [2.75, 3.05) is 18.5 Å². The summed E-state index contributed by atoms with van der Waals surface area (Å²) in [5.74, 6) is 0.535. The first-order valence-electron chi connectivity index (χ1n) is 5.39. The number of nitrogens with one attached hydrogen (secondary N) is 1. The van der Waals surface area contributed by atoms with E-state index in [4.69, 9.17) is 15.2 Å². The molecule has 0 spiro atoms. The summed E-state index contributed by atoms with van der Waals surface area (Å²) < 4.78 is 5.37. The van der Waals surface area contributed by atoms with Crippen LogP contribution < -0.4 is 10.1 Å². The largest absolute Gasteiger partial charge is 0.494 e. The Morgan fingerprint density at radius 3 is 2.50 bits per heavy atom. The molecule has 0 fully saturated rings. The lowest BCUT2D eigenvalue weighted by molar-refractivity contribution is -0.492. The van der Waals surface area contributed by atoms with Gasteiger partial charge in [-0.1, -0.05) is 0 Å². The second-order valence-electron chi connectivity index (χ2n) is 3.49. The molecule has 0 saturated heterocycles. The lowest BCUT2D eigenvalue weighted by Gasteiger charge is -2.08. The van der Waals surface area contributed by atoms with Crippen LogP contribution in [0.15, 0.2) is 24.3 Å². The number of amides is 1. The van der Waals surface area contributed by atoms with Crippen molar-refractivity contribution in [1.29, 1.82) is 0 Å². The Hall–Kier alpha value is -1.67. The number of hydrogen-bond acceptors (Lipinski definition) is 6. The summed E-state index contributed by atoms with van der Waals surface area (Å²) in [4.78, 5) is 15.2. The molecular formula is C11H16N2O5. The van der Waals surface area contributed by atoms with Gasteiger partial charge in [-0.3, -0.25) is 20.0 Å². The molecule has 0 aliphatic heterocycles. The second-order valence-corrected chi connectivity index (χ2v) is 3.49. The minimum Gasteiger partial charge on any atom is -0.494 e. The van der Waals surface area contributed by atoms with Crippen molar-refractivity contribution in [3.63, 3.8) is 0 Å². The Balaban J connectivity index is 2.24. The molecule has 0 heterocycles. The Morgan fingerprint density at radius 1 is 1.28 bits per heavy atom. The van der Waals surface area contributed by atoms with Gasteiger partial charge >= 0.3 is 0 Å². The maximum Gasteiger partial charge on any atom is 0.221 e. The van der Waals surface area contributed by atoms with Gasteiger partial charge in [0.05, 0.1) is 18.6 Å². The Bertz CT molecular complexity index is 366. The lowest BCUT2D eigenvalue weighted by atomic mass is 10.3. The van der Waals surface area contributed by atoms with Gasteiger partial charge in [0.1, 0.15) is 5.75 Å². The first-order chi connectivity index (χ1) is 8.58. The van der Waals surface area contributed by atoms with Crippen LogP contribution in [0.3, 0.4) is 0 Å². The van der Waals surface area contributed by atoms with Crippen LogP contribution in [0.25, 0.3) is 0 Å². The molecule has 7 nitrogen and oxygen atoms in total. The van der Waals surface area contributed by atoms with Crippen molar-refractivity contribution in [3.8, 4) is 5.75 Å². The van der Waals surface area contributed by atoms with Gasteiger partial charge in [-0.25, -0.2) is 0 Å². The number of nitrogens with zero attached hydrogens (tertiary/aromatic N) is 1. The van der Waals surface area contributed by atoms with E-state index in [0.29, 0.717) is 24.5 Å². The molecule has 100 valence electrons. The van der Waals surface area contributed by atoms with E-state index in [1.165, 1.54) is 6.92 Å². The van der Waals surface area contributed by atoms with Crippen molar-refractivity contribution in [3.05, 3.63) is 24.3 Å². The number of anilines is 1. The molecule has 1 rings (SSSR count). The summed E-state index contributed by atoms with van der Waals surface area (Å²) in [5.41, 5.74) is 0.703. The number of carbonyl (C=O) groups is 1. The van der Waals surface area contributed by atoms with Crippen LogP contribution in [0.5, 0.6) is 5.75 Å². The summed E-state index contributed by atoms with van der Waals surface area (Å²) in [6.45, 7) is 1.96. The Morgan fingerprint density at radius 2 is 1.94 bits per heavy atom. The maximum atomic E-state index is 10.8. The molecular weight excluding hydrogens is 240 g/mol. The zero-order valence-corrected chi connectivity index (χ0v) is 10.00. The van der Waals surface area contributed by atoms with Crippen LogP contribution >= 0.6 is 0 Å². The highest BCUT2D eigenvalue weighted by atomic mass is 17.1. The average Bonchev–Trinajstić information content (AvgIpc) is 2.30. The zero-order valence-electron chi connectivity index (χ0n) is 10.00. The smallest absolute Gasteiger partial charge is 0.221 e. The topological polar surface area (TPSA) is 91.3 Å². The van der Waals surface area contributed by atoms with E-state index >= 15 is 0 Å². The molecule has 7 heteroatoms. The molecule has 0 radical (unpaired) electrons. The summed E-state index contributed by atoms with van der Waals surface area (Å²) in [5, 5.41) is 18.8. The molecule has 0 aromatic heterocycles. The molecule has 0 saturated carbocycles. The van der Waals surface area contributed by atoms with Gasteiger partial charge in [0.2, 0.25) is 5.91 Å². The van der Waals surface area contributed by atoms with Crippen LogP contribution in [0, 0.1) is 0 Å². The molecule has 1 aromatic carbocycles. The first kappa shape index (κ1) is 14.4. The standard InChI is InChI=1S/C11H16N2O5/c1-9(14)12-10-3-5-11(6-4-10)17-7-2-8-18-13(15)16/h3-6,15-16H,2,7-8H2,1H3,(H,12,14). The van der Waals surface area contributed by atoms with Gasteiger partial charge in [0.15, 0.2) is 0 Å². The third-order valence-corrected chi connectivity index (χ3v) is 1.94. The maximum absolute atomic E-state index is 10.8. The highest BCUT2D eigenvalue weighted by Crippen LogP contribution is 2.15. The van der Waals surface area contributed by atoms with Gasteiger partial charge in [0, 0.05) is 19.0 Å². The van der Waals surface area contributed by atoms with Crippen molar-refractivity contribution in [1.82, 2.24) is 5.39 Å². The van der Waals surface area contributed by atoms with Crippen molar-refractivity contribution < 1.29 is 24.8 Å². The zero-order chi connectivity index (χ0) is 13.4. The molecule has 1 amide bonds. The van der Waals surface area contributed by atoms with Crippen molar-refractivity contribution >= 4 is 11.6 Å². The van der Waals surface area contributed by atoms with Gasteiger partial charge < -0.3 is 10.1 Å². The SMILES string of the molecule is CC(=O)Nc1ccc(OCCCON(O)O)cc1. The minimum atomic E-state index is -0.331. The summed E-state index contributed by atoms with van der Waals surface area (Å²) in [7, 11) is 0. The van der Waals surface area contributed by atoms with Crippen LogP contribution in [0.1, 0.15) is 13.3 Å². The van der Waals surface area contributed by atoms with Gasteiger partial charge in [-0.2, -0.15) is 0 Å². The van der Waals surface area contributed by atoms with Crippen LogP contribution in [0.4, 0.5) is 5.69 Å². The van der Waals surface area contributed by atoms with E-state index in [1.54, 1.807) is 24.3 Å². The number of benzene rings is 1. The van der Waals surface area contributed by atoms with Crippen molar-refractivity contribution in [2.24, 2.45) is 0 Å². The summed E-state index contributed by atoms with van der Waals surface area (Å²) in [6, 6.07) is 6.93. The number of ether oxygens (including phenoxy) is 1. The highest BCUT2D eigenvalue weighted by molar-refractivity contribution is 5.88. The van der Waals surface area contributed by atoms with E-state index in [-0.39, 0.29) is 17.9 Å². The second kappa shape index (κ2) is 7.62. The lowest BCUT2D eigenvalue weighted by Crippen LogP contribution is -2.16. The minimum absolute atomic E-state index is 0.127. The average molecular weight is 256 g/mol. The molecule has 0 bridgehead atoms. The van der Waals surface area contributed by atoms with Crippen LogP contribution in [-0.4, -0.2) is 34.9 Å². The molecule has 0 atom stereocenters. The normalized spacial score (nSPS) is 10.4. The van der Waals surface area contributed by atoms with E-state index in [0.717, 1.165) is 0 Å². The summed E-state index contributed by atoms with van der Waals surface area (Å²) in [6.07, 6.45) is 0.505. The van der Waals surface area contributed by atoms with Crippen molar-refractivity contribution in [2.45, 2.75) is 13.3 Å². The van der Waals surface area contributed by atoms with E-state index in [2.05, 4.69) is 10.2 Å². The van der Waals surface area contributed by atoms with Gasteiger partial charge in [0.25, 0.3) is 0 Å². The molecule has 3 N–H and O–H groups in total. The quantitative estimate of drug-likeness (QED) is 0.505. The summed E-state index contributed by atoms with van der Waals surface area (Å²) >= 11 is 0. The number of hydrogen-bond donors (Lipinski definition) is 3. The van der Waals surface area contributed by atoms with E-state index in [1.807, 2.05) is 0 Å².